The average molecular weight is 400 g/mol. The molecular weight excluding hydrogens is 374 g/mol. The highest BCUT2D eigenvalue weighted by Crippen LogP contribution is 2.16. The number of hydrogen-bond donors (Lipinski definition) is 3. The van der Waals surface area contributed by atoms with Crippen LogP contribution in [-0.4, -0.2) is 47.3 Å². The molecule has 0 aliphatic rings. The molecule has 154 valence electrons. The van der Waals surface area contributed by atoms with Crippen molar-refractivity contribution in [2.24, 2.45) is 0 Å². The van der Waals surface area contributed by atoms with Crippen LogP contribution in [0.5, 0.6) is 0 Å². The third-order valence-corrected chi connectivity index (χ3v) is 4.77. The number of hydrogen-bond acceptors (Lipinski definition) is 6. The molecule has 29 heavy (non-hydrogen) atoms. The molecule has 0 radical (unpaired) electrons. The maximum atomic E-state index is 13.1. The normalized spacial score (nSPS) is 11.3. The van der Waals surface area contributed by atoms with Crippen LogP contribution in [0, 0.1) is 6.92 Å². The van der Waals surface area contributed by atoms with E-state index in [1.54, 1.807) is 23.9 Å². The van der Waals surface area contributed by atoms with Gasteiger partial charge in [-0.1, -0.05) is 11.1 Å². The van der Waals surface area contributed by atoms with Crippen molar-refractivity contribution in [3.8, 4) is 0 Å². The summed E-state index contributed by atoms with van der Waals surface area (Å²) < 4.78 is 8.08. The minimum absolute atomic E-state index is 0.0486. The molecule has 0 unspecified atom stereocenters. The Hall–Kier alpha value is -3.04. The minimum atomic E-state index is -0.369. The molecule has 9 nitrogen and oxygen atoms in total. The summed E-state index contributed by atoms with van der Waals surface area (Å²) in [5.74, 6) is -0.160. The van der Waals surface area contributed by atoms with E-state index in [0.29, 0.717) is 49.2 Å². The second-order valence-corrected chi connectivity index (χ2v) is 6.81. The van der Waals surface area contributed by atoms with E-state index >= 15 is 0 Å². The number of carbonyl (C=O) groups excluding carboxylic acids is 1. The Labute approximate surface area is 167 Å². The van der Waals surface area contributed by atoms with E-state index in [1.807, 2.05) is 13.0 Å². The number of aromatic nitrogens is 3. The number of aliphatic hydroxyl groups is 1. The van der Waals surface area contributed by atoms with Crippen LogP contribution in [0.4, 0.5) is 5.82 Å². The quantitative estimate of drug-likeness (QED) is 0.282. The number of pyridine rings is 2. The second kappa shape index (κ2) is 8.97. The molecule has 3 aromatic heterocycles. The van der Waals surface area contributed by atoms with Gasteiger partial charge >= 0.3 is 0 Å². The third-order valence-electron chi connectivity index (χ3n) is 4.77. The monoisotopic (exact) mass is 400 g/mol. The third kappa shape index (κ3) is 4.06. The van der Waals surface area contributed by atoms with Gasteiger partial charge in [-0.05, 0) is 25.5 Å². The van der Waals surface area contributed by atoms with Gasteiger partial charge in [-0.2, -0.15) is 0 Å². The molecule has 0 atom stereocenters. The number of amides is 1. The molecule has 0 fully saturated rings. The Morgan fingerprint density at radius 1 is 1.41 bits per heavy atom. The fourth-order valence-corrected chi connectivity index (χ4v) is 3.26. The molecule has 0 bridgehead atoms. The first-order chi connectivity index (χ1) is 14.0. The highest BCUT2D eigenvalue weighted by molar-refractivity contribution is 6.00. The van der Waals surface area contributed by atoms with Gasteiger partial charge in [-0.3, -0.25) is 14.0 Å². The second-order valence-electron chi connectivity index (χ2n) is 6.81. The summed E-state index contributed by atoms with van der Waals surface area (Å²) in [6.07, 6.45) is 2.72. The Kier molecular flexibility index (Phi) is 6.40. The van der Waals surface area contributed by atoms with Crippen molar-refractivity contribution < 1.29 is 19.2 Å². The fraction of sp³-hybridized carbons (Fsp3) is 0.400. The van der Waals surface area contributed by atoms with Crippen molar-refractivity contribution in [3.05, 3.63) is 45.9 Å². The van der Waals surface area contributed by atoms with E-state index in [0.717, 1.165) is 5.56 Å². The first-order valence-electron chi connectivity index (χ1n) is 9.51. The van der Waals surface area contributed by atoms with Crippen molar-refractivity contribution in [1.82, 2.24) is 14.7 Å². The number of fused-ring (bicyclic) bond motifs is 2. The van der Waals surface area contributed by atoms with Crippen LogP contribution < -0.4 is 21.2 Å². The van der Waals surface area contributed by atoms with Crippen molar-refractivity contribution in [1.29, 1.82) is 0 Å². The molecule has 0 spiro atoms. The van der Waals surface area contributed by atoms with Gasteiger partial charge < -0.3 is 20.9 Å². The number of nitrogen functional groups attached to an aromatic ring is 1. The number of carbonyl (C=O) groups is 1. The van der Waals surface area contributed by atoms with E-state index in [9.17, 15) is 14.7 Å². The van der Waals surface area contributed by atoms with Crippen molar-refractivity contribution in [2.75, 3.05) is 32.6 Å². The van der Waals surface area contributed by atoms with Gasteiger partial charge in [0.25, 0.3) is 17.1 Å². The van der Waals surface area contributed by atoms with Crippen molar-refractivity contribution in [3.63, 3.8) is 0 Å². The van der Waals surface area contributed by atoms with E-state index in [2.05, 4.69) is 10.3 Å². The van der Waals surface area contributed by atoms with Crippen LogP contribution in [0.15, 0.2) is 29.2 Å². The summed E-state index contributed by atoms with van der Waals surface area (Å²) in [5, 5.41) is 12.4. The van der Waals surface area contributed by atoms with Gasteiger partial charge in [0.15, 0.2) is 0 Å². The lowest BCUT2D eigenvalue weighted by Gasteiger charge is -2.12. The smallest absolute Gasteiger partial charge is 0.278 e. The lowest BCUT2D eigenvalue weighted by atomic mass is 10.1. The first kappa shape index (κ1) is 20.7. The van der Waals surface area contributed by atoms with E-state index < -0.39 is 0 Å². The van der Waals surface area contributed by atoms with Crippen molar-refractivity contribution >= 4 is 28.4 Å². The van der Waals surface area contributed by atoms with Crippen LogP contribution in [0.3, 0.4) is 0 Å². The first-order valence-corrected chi connectivity index (χ1v) is 9.51. The molecule has 0 aromatic carbocycles. The SMILES string of the molecule is COCCCNC(=O)c1cc2c(=O)n3cccc(C)c3nc2[n+](CCCO)c1N. The van der Waals surface area contributed by atoms with Crippen molar-refractivity contribution in [2.45, 2.75) is 26.3 Å². The van der Waals surface area contributed by atoms with Gasteiger partial charge in [0.05, 0.1) is 6.54 Å². The number of aryl methyl sites for hydroxylation is 2. The van der Waals surface area contributed by atoms with Crippen LogP contribution in [0.1, 0.15) is 28.8 Å². The van der Waals surface area contributed by atoms with Gasteiger partial charge in [-0.15, -0.1) is 0 Å². The molecule has 0 saturated heterocycles. The number of anilines is 1. The standard InChI is InChI=1S/C20H25N5O4/c1-13-6-3-8-25-17(13)23-18-15(20(25)28)12-14(16(21)24(18)9-5-10-26)19(27)22-7-4-11-29-2/h3,6,8,12,21,26H,4-5,7,9-11H2,1-2H3,(H,22,27)/p+1. The number of rotatable bonds is 8. The minimum Gasteiger partial charge on any atom is -0.396 e. The van der Waals surface area contributed by atoms with Crippen LogP contribution >= 0.6 is 0 Å². The van der Waals surface area contributed by atoms with Crippen LogP contribution in [0.25, 0.3) is 16.7 Å². The fourth-order valence-electron chi connectivity index (χ4n) is 3.26. The van der Waals surface area contributed by atoms with E-state index in [1.165, 1.54) is 10.5 Å². The topological polar surface area (TPSA) is 123 Å². The summed E-state index contributed by atoms with van der Waals surface area (Å²) >= 11 is 0. The Morgan fingerprint density at radius 3 is 2.93 bits per heavy atom. The molecular formula is C20H26N5O4+. The Balaban J connectivity index is 2.19. The zero-order valence-corrected chi connectivity index (χ0v) is 16.6. The molecule has 0 saturated carbocycles. The zero-order valence-electron chi connectivity index (χ0n) is 16.6. The number of nitrogens with zero attached hydrogens (tertiary/aromatic N) is 3. The zero-order chi connectivity index (χ0) is 21.0. The highest BCUT2D eigenvalue weighted by atomic mass is 16.5. The molecule has 0 aliphatic heterocycles. The number of ether oxygens (including phenoxy) is 1. The molecule has 4 N–H and O–H groups in total. The summed E-state index contributed by atoms with van der Waals surface area (Å²) in [7, 11) is 1.60. The van der Waals surface area contributed by atoms with E-state index in [-0.39, 0.29) is 29.5 Å². The van der Waals surface area contributed by atoms with Crippen LogP contribution in [0.2, 0.25) is 0 Å². The molecule has 9 heteroatoms. The molecule has 3 rings (SSSR count). The van der Waals surface area contributed by atoms with Crippen LogP contribution in [-0.2, 0) is 11.3 Å². The summed E-state index contributed by atoms with van der Waals surface area (Å²) in [4.78, 5) is 30.5. The summed E-state index contributed by atoms with van der Waals surface area (Å²) in [5.41, 5.74) is 8.00. The number of methoxy groups -OCH3 is 1. The summed E-state index contributed by atoms with van der Waals surface area (Å²) in [6, 6.07) is 5.14. The Morgan fingerprint density at radius 2 is 2.21 bits per heavy atom. The number of aliphatic hydroxyl groups excluding tert-OH is 1. The predicted octanol–water partition coefficient (Wildman–Crippen LogP) is 0.175. The molecule has 3 heterocycles. The number of nitrogens with two attached hydrogens (primary N) is 1. The molecule has 0 aliphatic carbocycles. The largest absolute Gasteiger partial charge is 0.396 e. The average Bonchev–Trinajstić information content (AvgIpc) is 2.71. The predicted molar refractivity (Wildman–Crippen MR) is 109 cm³/mol. The molecule has 1 amide bonds. The lowest BCUT2D eigenvalue weighted by molar-refractivity contribution is -0.659. The Bertz CT molecular complexity index is 1110. The number of nitrogens with one attached hydrogen (secondary N) is 1. The van der Waals surface area contributed by atoms with Gasteiger partial charge in [-0.25, -0.2) is 4.57 Å². The maximum Gasteiger partial charge on any atom is 0.278 e. The molecule has 3 aromatic rings. The van der Waals surface area contributed by atoms with Gasteiger partial charge in [0, 0.05) is 45.0 Å². The van der Waals surface area contributed by atoms with Gasteiger partial charge in [0.1, 0.15) is 10.9 Å². The summed E-state index contributed by atoms with van der Waals surface area (Å²) in [6.45, 7) is 3.11. The van der Waals surface area contributed by atoms with Gasteiger partial charge in [0.2, 0.25) is 11.5 Å². The van der Waals surface area contributed by atoms with E-state index in [4.69, 9.17) is 10.5 Å². The lowest BCUT2D eigenvalue weighted by Crippen LogP contribution is -2.43. The highest BCUT2D eigenvalue weighted by Gasteiger charge is 2.24. The maximum absolute atomic E-state index is 13.1.